The standard InChI is InChI=1S/C38H48N4O5S/c1-23(2)48(45,46)39-36(43)25-13-15-30-33(17-25)41-22-38(37(44)42-26-11-8-12-27(42)21-40(3)20-26)19-32(38)31-18-28(47-4)14-16-29(31)35(41)34(30)24-9-6-5-7-10-24/h13-18,23-24,26-27,32H,5-12,19-22H2,1-4H3,(H,39,43)/t26?,27?,32?,38-/m0/s1. The second-order valence-electron chi connectivity index (χ2n) is 15.5. The summed E-state index contributed by atoms with van der Waals surface area (Å²) < 4.78 is 35.8. The number of likely N-dealkylation sites (N-methyl/N-ethyl adjacent to an activating group) is 1. The average molecular weight is 673 g/mol. The predicted octanol–water partition coefficient (Wildman–Crippen LogP) is 6.02. The van der Waals surface area contributed by atoms with E-state index in [-0.39, 0.29) is 23.9 Å². The number of piperidine rings is 1. The molecule has 2 saturated heterocycles. The number of sulfonamides is 1. The molecular formula is C38H48N4O5S. The molecule has 2 saturated carbocycles. The Bertz CT molecular complexity index is 1900. The Labute approximate surface area is 284 Å². The van der Waals surface area contributed by atoms with E-state index in [9.17, 15) is 13.2 Å². The maximum atomic E-state index is 15.1. The highest BCUT2D eigenvalue weighted by atomic mass is 32.2. The first-order valence-corrected chi connectivity index (χ1v) is 19.5. The molecule has 0 radical (unpaired) electrons. The number of hydrogen-bond donors (Lipinski definition) is 1. The summed E-state index contributed by atoms with van der Waals surface area (Å²) in [6, 6.07) is 12.5. The van der Waals surface area contributed by atoms with Crippen molar-refractivity contribution in [3.8, 4) is 17.0 Å². The quantitative estimate of drug-likeness (QED) is 0.344. The number of methoxy groups -OCH3 is 1. The minimum Gasteiger partial charge on any atom is -0.497 e. The summed E-state index contributed by atoms with van der Waals surface area (Å²) in [7, 11) is 0.0719. The Morgan fingerprint density at radius 2 is 1.69 bits per heavy atom. The Hall–Kier alpha value is -3.37. The molecule has 2 amide bonds. The van der Waals surface area contributed by atoms with Gasteiger partial charge in [-0.3, -0.25) is 9.59 Å². The van der Waals surface area contributed by atoms with Crippen LogP contribution in [0.4, 0.5) is 0 Å². The number of rotatable bonds is 6. The fourth-order valence-electron chi connectivity index (χ4n) is 9.63. The highest BCUT2D eigenvalue weighted by Crippen LogP contribution is 2.66. The van der Waals surface area contributed by atoms with Gasteiger partial charge in [-0.25, -0.2) is 13.1 Å². The number of benzene rings is 2. The molecule has 3 unspecified atom stereocenters. The van der Waals surface area contributed by atoms with Crippen LogP contribution in [0.1, 0.15) is 105 Å². The van der Waals surface area contributed by atoms with Gasteiger partial charge < -0.3 is 19.1 Å². The van der Waals surface area contributed by atoms with E-state index in [4.69, 9.17) is 4.74 Å². The van der Waals surface area contributed by atoms with Crippen LogP contribution in [0.2, 0.25) is 0 Å². The SMILES string of the molecule is COc1ccc2c(c1)C1C[C@]1(C(=O)N1C3CCCC1CN(C)C3)Cn1c-2c(C2CCCCC2)c2ccc(C(=O)NS(=O)(=O)C(C)C)cc21. The number of amides is 2. The molecule has 3 aromatic rings. The third kappa shape index (κ3) is 4.99. The molecule has 2 aliphatic carbocycles. The van der Waals surface area contributed by atoms with E-state index in [2.05, 4.69) is 38.3 Å². The van der Waals surface area contributed by atoms with Gasteiger partial charge in [0.05, 0.1) is 23.5 Å². The van der Waals surface area contributed by atoms with E-state index in [0.29, 0.717) is 18.0 Å². The number of nitrogens with one attached hydrogen (secondary N) is 1. The van der Waals surface area contributed by atoms with Crippen LogP contribution in [-0.4, -0.2) is 79.2 Å². The largest absolute Gasteiger partial charge is 0.497 e. The van der Waals surface area contributed by atoms with Gasteiger partial charge in [0.2, 0.25) is 15.9 Å². The molecule has 2 bridgehead atoms. The highest BCUT2D eigenvalue weighted by Gasteiger charge is 2.65. The third-order valence-electron chi connectivity index (χ3n) is 12.2. The van der Waals surface area contributed by atoms with Crippen molar-refractivity contribution < 1.29 is 22.7 Å². The molecule has 10 heteroatoms. The van der Waals surface area contributed by atoms with Crippen molar-refractivity contribution in [1.29, 1.82) is 0 Å². The Kier molecular flexibility index (Phi) is 7.71. The van der Waals surface area contributed by atoms with Crippen LogP contribution in [0.5, 0.6) is 5.75 Å². The maximum absolute atomic E-state index is 15.1. The van der Waals surface area contributed by atoms with Gasteiger partial charge in [0.25, 0.3) is 5.91 Å². The number of likely N-dealkylation sites (tertiary alicyclic amines) is 1. The van der Waals surface area contributed by atoms with Crippen LogP contribution in [0, 0.1) is 5.41 Å². The van der Waals surface area contributed by atoms with E-state index in [1.54, 1.807) is 27.0 Å². The van der Waals surface area contributed by atoms with E-state index >= 15 is 4.79 Å². The summed E-state index contributed by atoms with van der Waals surface area (Å²) in [6.45, 7) is 5.48. The van der Waals surface area contributed by atoms with Gasteiger partial charge in [0, 0.05) is 59.7 Å². The molecule has 4 atom stereocenters. The summed E-state index contributed by atoms with van der Waals surface area (Å²) in [5, 5.41) is 0.369. The number of carbonyl (C=O) groups is 2. The van der Waals surface area contributed by atoms with Gasteiger partial charge in [0.1, 0.15) is 5.75 Å². The molecule has 0 spiro atoms. The summed E-state index contributed by atoms with van der Waals surface area (Å²) in [5.74, 6) is 0.890. The van der Waals surface area contributed by atoms with Gasteiger partial charge in [-0.05, 0) is 107 Å². The van der Waals surface area contributed by atoms with E-state index < -0.39 is 26.6 Å². The zero-order valence-electron chi connectivity index (χ0n) is 28.6. The minimum atomic E-state index is -3.80. The van der Waals surface area contributed by atoms with Crippen molar-refractivity contribution in [1.82, 2.24) is 19.1 Å². The zero-order valence-corrected chi connectivity index (χ0v) is 29.4. The number of carbonyl (C=O) groups excluding carboxylic acids is 2. The first kappa shape index (κ1) is 31.9. The summed E-state index contributed by atoms with van der Waals surface area (Å²) in [4.78, 5) is 33.2. The number of fused-ring (bicyclic) bond motifs is 9. The van der Waals surface area contributed by atoms with Crippen LogP contribution in [0.25, 0.3) is 22.2 Å². The first-order chi connectivity index (χ1) is 23.0. The minimum absolute atomic E-state index is 0.0762. The Balaban J connectivity index is 1.32. The summed E-state index contributed by atoms with van der Waals surface area (Å²) in [5.41, 5.74) is 5.41. The number of ether oxygens (including phenoxy) is 1. The molecule has 4 fully saturated rings. The average Bonchev–Trinajstić information content (AvgIpc) is 3.73. The van der Waals surface area contributed by atoms with E-state index in [1.807, 2.05) is 18.2 Å². The number of aromatic nitrogens is 1. The second-order valence-corrected chi connectivity index (χ2v) is 17.7. The zero-order chi connectivity index (χ0) is 33.5. The maximum Gasteiger partial charge on any atom is 0.264 e. The van der Waals surface area contributed by atoms with E-state index in [1.165, 1.54) is 30.4 Å². The fourth-order valence-corrected chi connectivity index (χ4v) is 10.2. The Morgan fingerprint density at radius 3 is 2.38 bits per heavy atom. The number of hydrogen-bond acceptors (Lipinski definition) is 6. The molecule has 8 rings (SSSR count). The smallest absolute Gasteiger partial charge is 0.264 e. The van der Waals surface area contributed by atoms with Gasteiger partial charge in [-0.2, -0.15) is 0 Å². The van der Waals surface area contributed by atoms with Crippen molar-refractivity contribution in [3.63, 3.8) is 0 Å². The number of piperazine rings is 1. The molecule has 48 heavy (non-hydrogen) atoms. The van der Waals surface area contributed by atoms with Crippen LogP contribution < -0.4 is 9.46 Å². The lowest BCUT2D eigenvalue weighted by molar-refractivity contribution is -0.149. The number of nitrogens with zero attached hydrogens (tertiary/aromatic N) is 3. The molecule has 2 aromatic carbocycles. The van der Waals surface area contributed by atoms with Crippen LogP contribution in [0.3, 0.4) is 0 Å². The Morgan fingerprint density at radius 1 is 0.958 bits per heavy atom. The van der Waals surface area contributed by atoms with Gasteiger partial charge in [0.15, 0.2) is 0 Å². The van der Waals surface area contributed by atoms with Crippen molar-refractivity contribution >= 4 is 32.7 Å². The third-order valence-corrected chi connectivity index (χ3v) is 13.9. The first-order valence-electron chi connectivity index (χ1n) is 17.9. The van der Waals surface area contributed by atoms with Crippen molar-refractivity contribution in [2.45, 2.75) is 107 Å². The van der Waals surface area contributed by atoms with E-state index in [0.717, 1.165) is 79.5 Å². The molecule has 5 aliphatic rings. The van der Waals surface area contributed by atoms with Gasteiger partial charge >= 0.3 is 0 Å². The van der Waals surface area contributed by atoms with Crippen molar-refractivity contribution in [3.05, 3.63) is 53.1 Å². The molecule has 3 aliphatic heterocycles. The lowest BCUT2D eigenvalue weighted by Crippen LogP contribution is -2.63. The lowest BCUT2D eigenvalue weighted by atomic mass is 9.81. The highest BCUT2D eigenvalue weighted by molar-refractivity contribution is 7.90. The summed E-state index contributed by atoms with van der Waals surface area (Å²) in [6.07, 6.45) is 9.82. The normalized spacial score (nSPS) is 27.2. The summed E-state index contributed by atoms with van der Waals surface area (Å²) >= 11 is 0. The molecule has 1 N–H and O–H groups in total. The molecule has 1 aromatic heterocycles. The molecule has 256 valence electrons. The second kappa shape index (κ2) is 11.6. The molecule has 4 heterocycles. The van der Waals surface area contributed by atoms with Crippen LogP contribution >= 0.6 is 0 Å². The van der Waals surface area contributed by atoms with Crippen molar-refractivity contribution in [2.75, 3.05) is 27.2 Å². The van der Waals surface area contributed by atoms with Crippen molar-refractivity contribution in [2.24, 2.45) is 5.41 Å². The predicted molar refractivity (Wildman–Crippen MR) is 187 cm³/mol. The topological polar surface area (TPSA) is 101 Å². The van der Waals surface area contributed by atoms with Crippen LogP contribution in [-0.2, 0) is 21.4 Å². The molecular weight excluding hydrogens is 625 g/mol. The monoisotopic (exact) mass is 672 g/mol. The fraction of sp³-hybridized carbons (Fsp3) is 0.579. The van der Waals surface area contributed by atoms with Gasteiger partial charge in [-0.15, -0.1) is 0 Å². The van der Waals surface area contributed by atoms with Gasteiger partial charge in [-0.1, -0.05) is 25.3 Å². The molecule has 9 nitrogen and oxygen atoms in total. The van der Waals surface area contributed by atoms with Crippen LogP contribution in [0.15, 0.2) is 36.4 Å². The lowest BCUT2D eigenvalue weighted by Gasteiger charge is -2.50.